The molecule has 1 saturated carbocycles. The molecule has 1 aliphatic carbocycles. The molecule has 0 bridgehead atoms. The van der Waals surface area contributed by atoms with Gasteiger partial charge in [-0.05, 0) is 42.8 Å². The van der Waals surface area contributed by atoms with Crippen LogP contribution in [0.15, 0.2) is 33.7 Å². The molecule has 0 N–H and O–H groups in total. The first-order valence-electron chi connectivity index (χ1n) is 5.48. The number of pyridine rings is 1. The minimum absolute atomic E-state index is 0.143. The highest BCUT2D eigenvalue weighted by atomic mass is 79.9. The van der Waals surface area contributed by atoms with Crippen LogP contribution in [0.3, 0.4) is 0 Å². The van der Waals surface area contributed by atoms with Crippen molar-refractivity contribution in [1.29, 1.82) is 0 Å². The van der Waals surface area contributed by atoms with Crippen LogP contribution in [0.4, 0.5) is 0 Å². The molecule has 3 rings (SSSR count). The van der Waals surface area contributed by atoms with Crippen LogP contribution in [0.2, 0.25) is 0 Å². The molecule has 0 saturated heterocycles. The third-order valence-corrected chi connectivity index (χ3v) is 3.64. The van der Waals surface area contributed by atoms with Crippen molar-refractivity contribution in [2.45, 2.75) is 25.8 Å². The number of hydrogen-bond acceptors (Lipinski definition) is 1. The number of fused-ring (bicyclic) bond motifs is 1. The van der Waals surface area contributed by atoms with E-state index in [4.69, 9.17) is 0 Å². The summed E-state index contributed by atoms with van der Waals surface area (Å²) in [6.07, 6.45) is 4.27. The highest BCUT2D eigenvalue weighted by Gasteiger charge is 2.25. The van der Waals surface area contributed by atoms with Crippen LogP contribution < -0.4 is 5.56 Å². The van der Waals surface area contributed by atoms with Crippen LogP contribution in [-0.2, 0) is 0 Å². The van der Waals surface area contributed by atoms with Gasteiger partial charge in [-0.25, -0.2) is 0 Å². The third kappa shape index (κ3) is 1.50. The monoisotopic (exact) mass is 277 g/mol. The molecule has 82 valence electrons. The Morgan fingerprint density at radius 2 is 2.06 bits per heavy atom. The standard InChI is InChI=1S/C13H12BrNO/c1-8-7-15(10-3-4-10)13(16)12-6-9(14)2-5-11(8)12/h2,5-7,10H,3-4H2,1H3. The lowest BCUT2D eigenvalue weighted by atomic mass is 10.1. The zero-order chi connectivity index (χ0) is 11.3. The normalized spacial score (nSPS) is 15.6. The molecule has 1 heterocycles. The Balaban J connectivity index is 2.41. The summed E-state index contributed by atoms with van der Waals surface area (Å²) in [6, 6.07) is 6.35. The van der Waals surface area contributed by atoms with Gasteiger partial charge in [0.2, 0.25) is 0 Å². The smallest absolute Gasteiger partial charge is 0.258 e. The molecule has 0 radical (unpaired) electrons. The SMILES string of the molecule is Cc1cn(C2CC2)c(=O)c2cc(Br)ccc12. The second-order valence-corrected chi connectivity index (χ2v) is 5.36. The third-order valence-electron chi connectivity index (χ3n) is 3.14. The van der Waals surface area contributed by atoms with E-state index in [0.717, 1.165) is 28.1 Å². The van der Waals surface area contributed by atoms with Gasteiger partial charge in [-0.1, -0.05) is 22.0 Å². The quantitative estimate of drug-likeness (QED) is 0.783. The average molecular weight is 278 g/mol. The highest BCUT2D eigenvalue weighted by Crippen LogP contribution is 2.34. The summed E-state index contributed by atoms with van der Waals surface area (Å²) in [5, 5.41) is 1.88. The van der Waals surface area contributed by atoms with E-state index < -0.39 is 0 Å². The molecule has 0 atom stereocenters. The zero-order valence-corrected chi connectivity index (χ0v) is 10.6. The minimum atomic E-state index is 0.143. The van der Waals surface area contributed by atoms with Crippen LogP contribution in [0, 0.1) is 6.92 Å². The Bertz CT molecular complexity index is 626. The molecule has 2 aromatic rings. The molecule has 1 aromatic carbocycles. The summed E-state index contributed by atoms with van der Waals surface area (Å²) in [5.41, 5.74) is 1.32. The lowest BCUT2D eigenvalue weighted by Crippen LogP contribution is -2.19. The van der Waals surface area contributed by atoms with E-state index in [1.165, 1.54) is 5.56 Å². The molecule has 0 aliphatic heterocycles. The Morgan fingerprint density at radius 3 is 2.75 bits per heavy atom. The van der Waals surface area contributed by atoms with Gasteiger partial charge >= 0.3 is 0 Å². The number of hydrogen-bond donors (Lipinski definition) is 0. The second kappa shape index (κ2) is 3.45. The minimum Gasteiger partial charge on any atom is -0.312 e. The van der Waals surface area contributed by atoms with E-state index in [9.17, 15) is 4.79 Å². The van der Waals surface area contributed by atoms with Gasteiger partial charge in [-0.2, -0.15) is 0 Å². The molecular formula is C13H12BrNO. The Labute approximate surface area is 102 Å². The Morgan fingerprint density at radius 1 is 1.31 bits per heavy atom. The molecular weight excluding hydrogens is 266 g/mol. The van der Waals surface area contributed by atoms with E-state index in [-0.39, 0.29) is 5.56 Å². The highest BCUT2D eigenvalue weighted by molar-refractivity contribution is 9.10. The van der Waals surface area contributed by atoms with Crippen molar-refractivity contribution in [2.75, 3.05) is 0 Å². The van der Waals surface area contributed by atoms with Crippen molar-refractivity contribution in [3.63, 3.8) is 0 Å². The molecule has 1 aromatic heterocycles. The number of nitrogens with zero attached hydrogens (tertiary/aromatic N) is 1. The maximum absolute atomic E-state index is 12.3. The molecule has 0 unspecified atom stereocenters. The molecule has 0 spiro atoms. The maximum Gasteiger partial charge on any atom is 0.258 e. The molecule has 16 heavy (non-hydrogen) atoms. The first-order chi connectivity index (χ1) is 7.66. The van der Waals surface area contributed by atoms with E-state index in [0.29, 0.717) is 6.04 Å². The van der Waals surface area contributed by atoms with Gasteiger partial charge in [-0.15, -0.1) is 0 Å². The number of aromatic nitrogens is 1. The fourth-order valence-corrected chi connectivity index (χ4v) is 2.50. The van der Waals surface area contributed by atoms with Gasteiger partial charge in [0.05, 0.1) is 0 Å². The van der Waals surface area contributed by atoms with Crippen LogP contribution in [0.1, 0.15) is 24.4 Å². The van der Waals surface area contributed by atoms with Gasteiger partial charge < -0.3 is 4.57 Å². The second-order valence-electron chi connectivity index (χ2n) is 4.45. The van der Waals surface area contributed by atoms with Crippen molar-refractivity contribution in [1.82, 2.24) is 4.57 Å². The lowest BCUT2D eigenvalue weighted by Gasteiger charge is -2.08. The van der Waals surface area contributed by atoms with E-state index in [1.807, 2.05) is 29.0 Å². The van der Waals surface area contributed by atoms with Gasteiger partial charge in [0.25, 0.3) is 5.56 Å². The molecule has 2 nitrogen and oxygen atoms in total. The van der Waals surface area contributed by atoms with Crippen LogP contribution >= 0.6 is 15.9 Å². The lowest BCUT2D eigenvalue weighted by molar-refractivity contribution is 0.711. The number of aryl methyl sites for hydroxylation is 1. The van der Waals surface area contributed by atoms with Gasteiger partial charge in [0.1, 0.15) is 0 Å². The largest absolute Gasteiger partial charge is 0.312 e. The molecule has 0 amide bonds. The zero-order valence-electron chi connectivity index (χ0n) is 9.03. The summed E-state index contributed by atoms with van der Waals surface area (Å²) in [4.78, 5) is 12.3. The Kier molecular flexibility index (Phi) is 2.18. The summed E-state index contributed by atoms with van der Waals surface area (Å²) in [5.74, 6) is 0. The predicted octanol–water partition coefficient (Wildman–Crippen LogP) is 3.41. The van der Waals surface area contributed by atoms with E-state index in [2.05, 4.69) is 22.9 Å². The molecule has 3 heteroatoms. The van der Waals surface area contributed by atoms with Crippen molar-refractivity contribution >= 4 is 26.7 Å². The number of benzene rings is 1. The molecule has 1 aliphatic rings. The van der Waals surface area contributed by atoms with Crippen molar-refractivity contribution in [2.24, 2.45) is 0 Å². The summed E-state index contributed by atoms with van der Waals surface area (Å²) < 4.78 is 2.86. The topological polar surface area (TPSA) is 22.0 Å². The first kappa shape index (κ1) is 10.1. The van der Waals surface area contributed by atoms with Crippen LogP contribution in [0.25, 0.3) is 10.8 Å². The van der Waals surface area contributed by atoms with Crippen molar-refractivity contribution in [3.8, 4) is 0 Å². The van der Waals surface area contributed by atoms with E-state index in [1.54, 1.807) is 0 Å². The fraction of sp³-hybridized carbons (Fsp3) is 0.308. The summed E-state index contributed by atoms with van der Waals surface area (Å²) >= 11 is 3.42. The number of halogens is 1. The van der Waals surface area contributed by atoms with Crippen molar-refractivity contribution < 1.29 is 0 Å². The van der Waals surface area contributed by atoms with E-state index >= 15 is 0 Å². The first-order valence-corrected chi connectivity index (χ1v) is 6.27. The van der Waals surface area contributed by atoms with Crippen LogP contribution in [0.5, 0.6) is 0 Å². The summed E-state index contributed by atoms with van der Waals surface area (Å²) in [6.45, 7) is 2.06. The van der Waals surface area contributed by atoms with Gasteiger partial charge in [-0.3, -0.25) is 4.79 Å². The van der Waals surface area contributed by atoms with Gasteiger partial charge in [0.15, 0.2) is 0 Å². The van der Waals surface area contributed by atoms with Crippen molar-refractivity contribution in [3.05, 3.63) is 44.8 Å². The average Bonchev–Trinajstić information content (AvgIpc) is 3.07. The maximum atomic E-state index is 12.3. The molecule has 1 fully saturated rings. The van der Waals surface area contributed by atoms with Crippen LogP contribution in [-0.4, -0.2) is 4.57 Å². The fourth-order valence-electron chi connectivity index (χ4n) is 2.14. The van der Waals surface area contributed by atoms with Gasteiger partial charge in [0, 0.05) is 22.1 Å². The predicted molar refractivity (Wildman–Crippen MR) is 68.9 cm³/mol. The summed E-state index contributed by atoms with van der Waals surface area (Å²) in [7, 11) is 0. The number of rotatable bonds is 1. The Hall–Kier alpha value is -1.09.